The van der Waals surface area contributed by atoms with Crippen LogP contribution in [0, 0.1) is 12.7 Å². The Kier molecular flexibility index (Phi) is 6.40. The van der Waals surface area contributed by atoms with Crippen molar-refractivity contribution >= 4 is 23.3 Å². The van der Waals surface area contributed by atoms with Crippen LogP contribution in [-0.4, -0.2) is 28.7 Å². The van der Waals surface area contributed by atoms with Gasteiger partial charge in [-0.2, -0.15) is 5.10 Å². The number of nitrogens with one attached hydrogen (secondary N) is 2. The van der Waals surface area contributed by atoms with Crippen LogP contribution in [0.4, 0.5) is 15.9 Å². The minimum Gasteiger partial charge on any atom is -0.497 e. The van der Waals surface area contributed by atoms with Gasteiger partial charge in [-0.05, 0) is 61.0 Å². The van der Waals surface area contributed by atoms with E-state index in [0.717, 1.165) is 5.56 Å². The fourth-order valence-corrected chi connectivity index (χ4v) is 3.62. The minimum absolute atomic E-state index is 0.265. The molecule has 0 saturated heterocycles. The Morgan fingerprint density at radius 2 is 1.68 bits per heavy atom. The lowest BCUT2D eigenvalue weighted by Crippen LogP contribution is -2.13. The second kappa shape index (κ2) is 9.58. The highest BCUT2D eigenvalue weighted by Gasteiger charge is 2.19. The third-order valence-corrected chi connectivity index (χ3v) is 5.19. The predicted octanol–water partition coefficient (Wildman–Crippen LogP) is 5.21. The highest BCUT2D eigenvalue weighted by atomic mass is 19.1. The van der Waals surface area contributed by atoms with E-state index >= 15 is 0 Å². The molecule has 0 spiro atoms. The Morgan fingerprint density at radius 1 is 0.971 bits per heavy atom. The summed E-state index contributed by atoms with van der Waals surface area (Å²) in [7, 11) is 1.56. The van der Waals surface area contributed by atoms with Crippen molar-refractivity contribution in [2.45, 2.75) is 13.8 Å². The summed E-state index contributed by atoms with van der Waals surface area (Å²) in [6.45, 7) is 3.23. The predicted molar refractivity (Wildman–Crippen MR) is 129 cm³/mol. The van der Waals surface area contributed by atoms with Crippen molar-refractivity contribution in [3.8, 4) is 22.6 Å². The van der Waals surface area contributed by atoms with Gasteiger partial charge < -0.3 is 15.4 Å². The molecule has 3 aromatic carbocycles. The van der Waals surface area contributed by atoms with Crippen molar-refractivity contribution in [2.75, 3.05) is 17.7 Å². The van der Waals surface area contributed by atoms with Crippen LogP contribution in [-0.2, 0) is 4.79 Å². The number of hydrogen-bond acceptors (Lipinski definition) is 4. The van der Waals surface area contributed by atoms with Crippen molar-refractivity contribution in [3.05, 3.63) is 89.9 Å². The Morgan fingerprint density at radius 3 is 2.32 bits per heavy atom. The zero-order valence-electron chi connectivity index (χ0n) is 18.9. The molecule has 4 rings (SSSR count). The lowest BCUT2D eigenvalue weighted by Gasteiger charge is -2.11. The van der Waals surface area contributed by atoms with Gasteiger partial charge >= 0.3 is 0 Å². The van der Waals surface area contributed by atoms with Crippen molar-refractivity contribution in [1.29, 1.82) is 0 Å². The summed E-state index contributed by atoms with van der Waals surface area (Å²) in [5.41, 5.74) is 3.80. The first-order valence-corrected chi connectivity index (χ1v) is 10.5. The van der Waals surface area contributed by atoms with Gasteiger partial charge in [-0.25, -0.2) is 9.07 Å². The number of benzene rings is 3. The van der Waals surface area contributed by atoms with Crippen LogP contribution in [0.3, 0.4) is 0 Å². The van der Waals surface area contributed by atoms with Gasteiger partial charge in [0, 0.05) is 29.8 Å². The molecule has 0 radical (unpaired) electrons. The topological polar surface area (TPSA) is 85.2 Å². The fourth-order valence-electron chi connectivity index (χ4n) is 3.62. The SMILES string of the molecule is COc1cccc(NC(=O)c2ccc(-n3nc(C)c(-c4ccc(F)cc4)c3NC(C)=O)cc2)c1. The molecule has 7 nitrogen and oxygen atoms in total. The molecule has 0 saturated carbocycles. The van der Waals surface area contributed by atoms with E-state index in [1.165, 1.54) is 19.1 Å². The average molecular weight is 458 g/mol. The van der Waals surface area contributed by atoms with E-state index in [0.29, 0.717) is 39.8 Å². The van der Waals surface area contributed by atoms with Gasteiger partial charge in [-0.1, -0.05) is 18.2 Å². The van der Waals surface area contributed by atoms with Crippen LogP contribution in [0.15, 0.2) is 72.8 Å². The van der Waals surface area contributed by atoms with E-state index in [1.54, 1.807) is 72.5 Å². The van der Waals surface area contributed by atoms with E-state index in [2.05, 4.69) is 15.7 Å². The smallest absolute Gasteiger partial charge is 0.255 e. The van der Waals surface area contributed by atoms with Crippen molar-refractivity contribution < 1.29 is 18.7 Å². The first-order chi connectivity index (χ1) is 16.4. The van der Waals surface area contributed by atoms with Crippen LogP contribution < -0.4 is 15.4 Å². The molecular formula is C26H23FN4O3. The third kappa shape index (κ3) is 4.80. The minimum atomic E-state index is -0.349. The quantitative estimate of drug-likeness (QED) is 0.416. The number of carbonyl (C=O) groups is 2. The van der Waals surface area contributed by atoms with E-state index in [1.807, 2.05) is 6.92 Å². The standard InChI is InChI=1S/C26H23FN4O3/c1-16-24(18-7-11-20(27)12-8-18)25(28-17(2)32)31(30-16)22-13-9-19(10-14-22)26(33)29-21-5-4-6-23(15-21)34-3/h4-15H,1-3H3,(H,28,32)(H,29,33). The third-order valence-electron chi connectivity index (χ3n) is 5.19. The van der Waals surface area contributed by atoms with Crippen molar-refractivity contribution in [1.82, 2.24) is 9.78 Å². The van der Waals surface area contributed by atoms with Crippen molar-refractivity contribution in [3.63, 3.8) is 0 Å². The molecule has 0 unspecified atom stereocenters. The fraction of sp³-hybridized carbons (Fsp3) is 0.115. The molecule has 1 aromatic heterocycles. The maximum absolute atomic E-state index is 13.4. The van der Waals surface area contributed by atoms with Gasteiger partial charge in [-0.15, -0.1) is 0 Å². The summed E-state index contributed by atoms with van der Waals surface area (Å²) in [6.07, 6.45) is 0. The molecule has 172 valence electrons. The molecule has 2 amide bonds. The summed E-state index contributed by atoms with van der Waals surface area (Å²) in [4.78, 5) is 24.6. The zero-order valence-corrected chi connectivity index (χ0v) is 18.9. The summed E-state index contributed by atoms with van der Waals surface area (Å²) in [5.74, 6) is 0.219. The number of aromatic nitrogens is 2. The molecule has 2 N–H and O–H groups in total. The van der Waals surface area contributed by atoms with Crippen LogP contribution >= 0.6 is 0 Å². The first kappa shape index (κ1) is 22.7. The normalized spacial score (nSPS) is 10.6. The van der Waals surface area contributed by atoms with E-state index in [4.69, 9.17) is 4.74 Å². The molecule has 0 atom stereocenters. The molecule has 1 heterocycles. The summed E-state index contributed by atoms with van der Waals surface area (Å²) < 4.78 is 20.2. The number of rotatable bonds is 6. The van der Waals surface area contributed by atoms with Gasteiger partial charge in [0.1, 0.15) is 17.4 Å². The monoisotopic (exact) mass is 458 g/mol. The molecule has 0 fully saturated rings. The van der Waals surface area contributed by atoms with E-state index in [-0.39, 0.29) is 17.6 Å². The summed E-state index contributed by atoms with van der Waals surface area (Å²) in [6, 6.07) is 19.9. The average Bonchev–Trinajstić information content (AvgIpc) is 3.14. The molecule has 0 aliphatic carbocycles. The number of hydrogen-bond donors (Lipinski definition) is 2. The van der Waals surface area contributed by atoms with Gasteiger partial charge in [0.25, 0.3) is 5.91 Å². The van der Waals surface area contributed by atoms with Crippen molar-refractivity contribution in [2.24, 2.45) is 0 Å². The number of carbonyl (C=O) groups excluding carboxylic acids is 2. The van der Waals surface area contributed by atoms with Crippen LogP contribution in [0.1, 0.15) is 23.0 Å². The van der Waals surface area contributed by atoms with Gasteiger partial charge in [-0.3, -0.25) is 9.59 Å². The second-order valence-electron chi connectivity index (χ2n) is 7.64. The molecule has 0 aliphatic heterocycles. The number of anilines is 2. The van der Waals surface area contributed by atoms with Gasteiger partial charge in [0.05, 0.1) is 18.5 Å². The molecule has 8 heteroatoms. The second-order valence-corrected chi connectivity index (χ2v) is 7.64. The van der Waals surface area contributed by atoms with Gasteiger partial charge in [0.15, 0.2) is 0 Å². The Labute approximate surface area is 196 Å². The first-order valence-electron chi connectivity index (χ1n) is 10.5. The van der Waals surface area contributed by atoms with E-state index < -0.39 is 0 Å². The van der Waals surface area contributed by atoms with Crippen LogP contribution in [0.25, 0.3) is 16.8 Å². The summed E-state index contributed by atoms with van der Waals surface area (Å²) >= 11 is 0. The Hall–Kier alpha value is -4.46. The highest BCUT2D eigenvalue weighted by Crippen LogP contribution is 2.33. The largest absolute Gasteiger partial charge is 0.497 e. The van der Waals surface area contributed by atoms with Gasteiger partial charge in [0.2, 0.25) is 5.91 Å². The number of ether oxygens (including phenoxy) is 1. The van der Waals surface area contributed by atoms with Crippen LogP contribution in [0.5, 0.6) is 5.75 Å². The Bertz CT molecular complexity index is 1350. The maximum Gasteiger partial charge on any atom is 0.255 e. The number of amides is 2. The lowest BCUT2D eigenvalue weighted by molar-refractivity contribution is -0.114. The van der Waals surface area contributed by atoms with E-state index in [9.17, 15) is 14.0 Å². The molecular weight excluding hydrogens is 435 g/mol. The Balaban J connectivity index is 1.65. The lowest BCUT2D eigenvalue weighted by atomic mass is 10.1. The molecule has 4 aromatic rings. The number of halogens is 1. The molecule has 34 heavy (non-hydrogen) atoms. The number of aryl methyl sites for hydroxylation is 1. The maximum atomic E-state index is 13.4. The number of methoxy groups -OCH3 is 1. The molecule has 0 bridgehead atoms. The summed E-state index contributed by atoms with van der Waals surface area (Å²) in [5, 5.41) is 10.3. The number of nitrogens with zero attached hydrogens (tertiary/aromatic N) is 2. The highest BCUT2D eigenvalue weighted by molar-refractivity contribution is 6.04. The molecule has 0 aliphatic rings. The van der Waals surface area contributed by atoms with Crippen LogP contribution in [0.2, 0.25) is 0 Å². The zero-order chi connectivity index (χ0) is 24.2.